The molecule has 8 heteroatoms. The van der Waals surface area contributed by atoms with E-state index in [1.807, 2.05) is 0 Å². The molecule has 0 aromatic heterocycles. The second-order valence-electron chi connectivity index (χ2n) is 8.22. The van der Waals surface area contributed by atoms with Gasteiger partial charge in [0.2, 0.25) is 11.8 Å². The first-order valence-corrected chi connectivity index (χ1v) is 10.8. The SMILES string of the molecule is CCN(CC)[C@H]1CCC[C@H]1Oc1cc2c(cc1F)C(=O)N(C1CCC(=O)NC1=O)C2. The van der Waals surface area contributed by atoms with Crippen molar-refractivity contribution >= 4 is 17.7 Å². The number of likely N-dealkylation sites (N-methyl/N-ethyl adjacent to an activating group) is 1. The molecule has 4 rings (SSSR count). The molecule has 1 saturated carbocycles. The van der Waals surface area contributed by atoms with Crippen LogP contribution in [0.5, 0.6) is 5.75 Å². The Balaban J connectivity index is 1.53. The van der Waals surface area contributed by atoms with Crippen LogP contribution in [0.15, 0.2) is 12.1 Å². The van der Waals surface area contributed by atoms with Crippen molar-refractivity contribution in [3.05, 3.63) is 29.1 Å². The fourth-order valence-electron chi connectivity index (χ4n) is 4.97. The predicted molar refractivity (Wildman–Crippen MR) is 107 cm³/mol. The van der Waals surface area contributed by atoms with Crippen molar-refractivity contribution < 1.29 is 23.5 Å². The summed E-state index contributed by atoms with van der Waals surface area (Å²) in [5.74, 6) is -1.58. The van der Waals surface area contributed by atoms with E-state index < -0.39 is 17.8 Å². The molecule has 2 heterocycles. The molecule has 0 bridgehead atoms. The van der Waals surface area contributed by atoms with Gasteiger partial charge in [0, 0.05) is 24.6 Å². The lowest BCUT2D eigenvalue weighted by Gasteiger charge is -2.31. The number of imide groups is 1. The summed E-state index contributed by atoms with van der Waals surface area (Å²) in [5.41, 5.74) is 0.912. The maximum Gasteiger partial charge on any atom is 0.255 e. The number of benzene rings is 1. The Hall–Kier alpha value is -2.48. The van der Waals surface area contributed by atoms with Gasteiger partial charge in [-0.25, -0.2) is 4.39 Å². The molecule has 1 unspecified atom stereocenters. The van der Waals surface area contributed by atoms with Gasteiger partial charge in [-0.05, 0) is 56.5 Å². The van der Waals surface area contributed by atoms with Crippen LogP contribution in [-0.4, -0.2) is 58.8 Å². The van der Waals surface area contributed by atoms with Gasteiger partial charge in [-0.3, -0.25) is 24.6 Å². The number of hydrogen-bond donors (Lipinski definition) is 1. The summed E-state index contributed by atoms with van der Waals surface area (Å²) < 4.78 is 20.9. The number of nitrogens with one attached hydrogen (secondary N) is 1. The Morgan fingerprint density at radius 3 is 2.63 bits per heavy atom. The summed E-state index contributed by atoms with van der Waals surface area (Å²) in [7, 11) is 0. The van der Waals surface area contributed by atoms with Crippen molar-refractivity contribution in [3.63, 3.8) is 0 Å². The number of piperidine rings is 1. The summed E-state index contributed by atoms with van der Waals surface area (Å²) in [6, 6.07) is 2.37. The van der Waals surface area contributed by atoms with Crippen molar-refractivity contribution in [2.45, 2.75) is 70.7 Å². The zero-order valence-electron chi connectivity index (χ0n) is 17.4. The highest BCUT2D eigenvalue weighted by Gasteiger charge is 2.40. The summed E-state index contributed by atoms with van der Waals surface area (Å²) >= 11 is 0. The molecule has 2 fully saturated rings. The van der Waals surface area contributed by atoms with Crippen molar-refractivity contribution in [1.29, 1.82) is 0 Å². The van der Waals surface area contributed by atoms with Crippen molar-refractivity contribution in [2.24, 2.45) is 0 Å². The number of rotatable bonds is 6. The fourth-order valence-corrected chi connectivity index (χ4v) is 4.97. The topological polar surface area (TPSA) is 79.0 Å². The number of hydrogen-bond acceptors (Lipinski definition) is 5. The third-order valence-corrected chi connectivity index (χ3v) is 6.55. The van der Waals surface area contributed by atoms with Gasteiger partial charge in [-0.1, -0.05) is 13.8 Å². The first kappa shape index (κ1) is 20.8. The number of carbonyl (C=O) groups excluding carboxylic acids is 3. The van der Waals surface area contributed by atoms with Crippen LogP contribution in [0.1, 0.15) is 61.9 Å². The average molecular weight is 417 g/mol. The van der Waals surface area contributed by atoms with Gasteiger partial charge in [-0.2, -0.15) is 0 Å². The summed E-state index contributed by atoms with van der Waals surface area (Å²) in [6.07, 6.45) is 3.33. The second kappa shape index (κ2) is 8.34. The molecular formula is C22H28FN3O4. The van der Waals surface area contributed by atoms with Crippen molar-refractivity contribution in [1.82, 2.24) is 15.1 Å². The molecule has 1 saturated heterocycles. The first-order chi connectivity index (χ1) is 14.4. The van der Waals surface area contributed by atoms with Crippen LogP contribution in [0.25, 0.3) is 0 Å². The van der Waals surface area contributed by atoms with E-state index in [0.29, 0.717) is 5.56 Å². The van der Waals surface area contributed by atoms with Crippen LogP contribution < -0.4 is 10.1 Å². The number of nitrogens with zero attached hydrogens (tertiary/aromatic N) is 2. The molecule has 162 valence electrons. The number of halogens is 1. The van der Waals surface area contributed by atoms with E-state index in [-0.39, 0.29) is 54.7 Å². The van der Waals surface area contributed by atoms with Gasteiger partial charge in [0.1, 0.15) is 12.1 Å². The standard InChI is InChI=1S/C22H28FN3O4/c1-3-25(4-2)16-6-5-7-18(16)30-19-10-13-12-26(22(29)14(13)11-15(19)23)17-8-9-20(27)24-21(17)28/h10-11,16-18H,3-9,12H2,1-2H3,(H,24,27,28)/t16-,17?,18+/m0/s1. The second-order valence-corrected chi connectivity index (χ2v) is 8.22. The van der Waals surface area contributed by atoms with Crippen LogP contribution in [0.4, 0.5) is 4.39 Å². The van der Waals surface area contributed by atoms with Crippen LogP contribution in [0, 0.1) is 5.82 Å². The highest BCUT2D eigenvalue weighted by molar-refractivity contribution is 6.05. The molecule has 7 nitrogen and oxygen atoms in total. The maximum atomic E-state index is 14.8. The van der Waals surface area contributed by atoms with Crippen LogP contribution in [0.2, 0.25) is 0 Å². The lowest BCUT2D eigenvalue weighted by Crippen LogP contribution is -2.52. The smallest absolute Gasteiger partial charge is 0.255 e. The van der Waals surface area contributed by atoms with Gasteiger partial charge in [0.15, 0.2) is 11.6 Å². The molecule has 30 heavy (non-hydrogen) atoms. The van der Waals surface area contributed by atoms with Gasteiger partial charge in [0.25, 0.3) is 5.91 Å². The van der Waals surface area contributed by atoms with E-state index in [9.17, 15) is 18.8 Å². The van der Waals surface area contributed by atoms with Crippen molar-refractivity contribution in [2.75, 3.05) is 13.1 Å². The summed E-state index contributed by atoms with van der Waals surface area (Å²) in [5, 5.41) is 2.28. The molecule has 0 radical (unpaired) electrons. The summed E-state index contributed by atoms with van der Waals surface area (Å²) in [4.78, 5) is 40.1. The number of amides is 3. The Kier molecular flexibility index (Phi) is 5.77. The van der Waals surface area contributed by atoms with E-state index in [1.54, 1.807) is 6.07 Å². The van der Waals surface area contributed by atoms with E-state index in [1.165, 1.54) is 11.0 Å². The Labute approximate surface area is 175 Å². The van der Waals surface area contributed by atoms with E-state index >= 15 is 0 Å². The van der Waals surface area contributed by atoms with E-state index in [2.05, 4.69) is 24.1 Å². The molecule has 2 aliphatic heterocycles. The zero-order chi connectivity index (χ0) is 21.4. The zero-order valence-corrected chi connectivity index (χ0v) is 17.4. The molecule has 3 aliphatic rings. The van der Waals surface area contributed by atoms with Crippen LogP contribution >= 0.6 is 0 Å². The Morgan fingerprint density at radius 2 is 1.93 bits per heavy atom. The first-order valence-electron chi connectivity index (χ1n) is 10.8. The number of fused-ring (bicyclic) bond motifs is 1. The number of ether oxygens (including phenoxy) is 1. The Bertz CT molecular complexity index is 870. The number of carbonyl (C=O) groups is 3. The molecule has 3 atom stereocenters. The molecule has 1 aromatic rings. The van der Waals surface area contributed by atoms with Gasteiger partial charge >= 0.3 is 0 Å². The van der Waals surface area contributed by atoms with Crippen LogP contribution in [0.3, 0.4) is 0 Å². The van der Waals surface area contributed by atoms with Crippen LogP contribution in [-0.2, 0) is 16.1 Å². The lowest BCUT2D eigenvalue weighted by molar-refractivity contribution is -0.136. The minimum absolute atomic E-state index is 0.0826. The fraction of sp³-hybridized carbons (Fsp3) is 0.591. The van der Waals surface area contributed by atoms with E-state index in [0.717, 1.165) is 32.4 Å². The molecule has 3 amide bonds. The predicted octanol–water partition coefficient (Wildman–Crippen LogP) is 2.23. The molecular weight excluding hydrogens is 389 g/mol. The normalized spacial score (nSPS) is 26.3. The molecule has 1 aromatic carbocycles. The highest BCUT2D eigenvalue weighted by atomic mass is 19.1. The Morgan fingerprint density at radius 1 is 1.17 bits per heavy atom. The van der Waals surface area contributed by atoms with Gasteiger partial charge < -0.3 is 9.64 Å². The van der Waals surface area contributed by atoms with Gasteiger partial charge in [-0.15, -0.1) is 0 Å². The van der Waals surface area contributed by atoms with E-state index in [4.69, 9.17) is 4.74 Å². The highest BCUT2D eigenvalue weighted by Crippen LogP contribution is 2.35. The average Bonchev–Trinajstić information content (AvgIpc) is 3.29. The quantitative estimate of drug-likeness (QED) is 0.718. The molecule has 0 spiro atoms. The third-order valence-electron chi connectivity index (χ3n) is 6.55. The third kappa shape index (κ3) is 3.69. The monoisotopic (exact) mass is 417 g/mol. The van der Waals surface area contributed by atoms with Gasteiger partial charge in [0.05, 0.1) is 0 Å². The van der Waals surface area contributed by atoms with Crippen molar-refractivity contribution in [3.8, 4) is 5.75 Å². The summed E-state index contributed by atoms with van der Waals surface area (Å²) in [6.45, 7) is 6.28. The minimum Gasteiger partial charge on any atom is -0.486 e. The lowest BCUT2D eigenvalue weighted by atomic mass is 10.0. The largest absolute Gasteiger partial charge is 0.486 e. The molecule has 1 aliphatic carbocycles. The minimum atomic E-state index is -0.711. The maximum absolute atomic E-state index is 14.8. The molecule has 1 N–H and O–H groups in total.